The van der Waals surface area contributed by atoms with Crippen LogP contribution in [0.15, 0.2) is 35.1 Å². The maximum absolute atomic E-state index is 12.4. The molecule has 0 aliphatic rings. The zero-order valence-corrected chi connectivity index (χ0v) is 11.9. The summed E-state index contributed by atoms with van der Waals surface area (Å²) >= 11 is 3.16. The van der Waals surface area contributed by atoms with Crippen molar-refractivity contribution in [2.75, 3.05) is 11.1 Å². The number of nitrogen functional groups attached to an aromatic ring is 1. The molecule has 1 amide bonds. The van der Waals surface area contributed by atoms with Crippen LogP contribution in [0.1, 0.15) is 16.1 Å². The number of carbonyl (C=O) groups excluding carboxylic acids is 1. The first-order valence-corrected chi connectivity index (χ1v) is 6.32. The molecule has 2 rings (SSSR count). The van der Waals surface area contributed by atoms with Gasteiger partial charge in [-0.1, -0.05) is 0 Å². The van der Waals surface area contributed by atoms with Gasteiger partial charge >= 0.3 is 6.18 Å². The maximum atomic E-state index is 12.4. The van der Waals surface area contributed by atoms with Gasteiger partial charge in [-0.05, 0) is 34.1 Å². The van der Waals surface area contributed by atoms with E-state index < -0.39 is 17.6 Å². The van der Waals surface area contributed by atoms with Crippen LogP contribution in [0.3, 0.4) is 0 Å². The minimum absolute atomic E-state index is 0.159. The highest BCUT2D eigenvalue weighted by atomic mass is 79.9. The summed E-state index contributed by atoms with van der Waals surface area (Å²) in [4.78, 5) is 19.2. The molecule has 0 saturated carbocycles. The SMILES string of the molecule is Nc1cnc(NC(=O)c2ccc(C(F)(F)F)cn2)c(Br)c1. The number of hydrogen-bond donors (Lipinski definition) is 2. The molecule has 0 saturated heterocycles. The number of alkyl halides is 3. The predicted molar refractivity (Wildman–Crippen MR) is 73.5 cm³/mol. The maximum Gasteiger partial charge on any atom is 0.417 e. The van der Waals surface area contributed by atoms with Gasteiger partial charge < -0.3 is 11.1 Å². The lowest BCUT2D eigenvalue weighted by molar-refractivity contribution is -0.137. The number of hydrogen-bond acceptors (Lipinski definition) is 4. The molecule has 0 bridgehead atoms. The zero-order valence-electron chi connectivity index (χ0n) is 10.3. The Bertz CT molecular complexity index is 673. The van der Waals surface area contributed by atoms with Crippen LogP contribution in [-0.2, 0) is 6.18 Å². The Hall–Kier alpha value is -2.16. The molecule has 0 unspecified atom stereocenters. The standard InChI is InChI=1S/C12H8BrF3N4O/c13-8-3-7(17)5-19-10(8)20-11(21)9-2-1-6(4-18-9)12(14,15)16/h1-5H,17H2,(H,19,20,21). The number of pyridine rings is 2. The van der Waals surface area contributed by atoms with E-state index in [1.54, 1.807) is 0 Å². The number of amides is 1. The number of nitrogens with zero attached hydrogens (tertiary/aromatic N) is 2. The van der Waals surface area contributed by atoms with Gasteiger partial charge in [-0.15, -0.1) is 0 Å². The van der Waals surface area contributed by atoms with Crippen LogP contribution in [0.2, 0.25) is 0 Å². The van der Waals surface area contributed by atoms with Crippen molar-refractivity contribution in [1.82, 2.24) is 9.97 Å². The van der Waals surface area contributed by atoms with Crippen LogP contribution in [0.5, 0.6) is 0 Å². The lowest BCUT2D eigenvalue weighted by Crippen LogP contribution is -2.16. The molecule has 21 heavy (non-hydrogen) atoms. The molecule has 5 nitrogen and oxygen atoms in total. The summed E-state index contributed by atoms with van der Waals surface area (Å²) in [5, 5.41) is 2.42. The topological polar surface area (TPSA) is 80.9 Å². The molecule has 0 aliphatic heterocycles. The van der Waals surface area contributed by atoms with Gasteiger partial charge in [0.2, 0.25) is 0 Å². The smallest absolute Gasteiger partial charge is 0.397 e. The van der Waals surface area contributed by atoms with Crippen molar-refractivity contribution >= 4 is 33.3 Å². The Kier molecular flexibility index (Phi) is 4.12. The lowest BCUT2D eigenvalue weighted by atomic mass is 10.2. The normalized spacial score (nSPS) is 11.2. The second kappa shape index (κ2) is 5.68. The van der Waals surface area contributed by atoms with Gasteiger partial charge in [0.1, 0.15) is 11.5 Å². The highest BCUT2D eigenvalue weighted by molar-refractivity contribution is 9.10. The highest BCUT2D eigenvalue weighted by Crippen LogP contribution is 2.28. The largest absolute Gasteiger partial charge is 0.417 e. The van der Waals surface area contributed by atoms with Gasteiger partial charge in [0.25, 0.3) is 5.91 Å². The predicted octanol–water partition coefficient (Wildman–Crippen LogP) is 3.09. The highest BCUT2D eigenvalue weighted by Gasteiger charge is 2.30. The molecular formula is C12H8BrF3N4O. The van der Waals surface area contributed by atoms with E-state index in [1.807, 2.05) is 0 Å². The Morgan fingerprint density at radius 2 is 1.95 bits per heavy atom. The van der Waals surface area contributed by atoms with Crippen molar-refractivity contribution in [3.63, 3.8) is 0 Å². The second-order valence-corrected chi connectivity index (χ2v) is 4.84. The van der Waals surface area contributed by atoms with Crippen LogP contribution in [0.25, 0.3) is 0 Å². The molecule has 0 aromatic carbocycles. The van der Waals surface area contributed by atoms with E-state index in [2.05, 4.69) is 31.2 Å². The van der Waals surface area contributed by atoms with E-state index in [0.717, 1.165) is 12.1 Å². The van der Waals surface area contributed by atoms with Gasteiger partial charge in [-0.25, -0.2) is 4.98 Å². The van der Waals surface area contributed by atoms with E-state index in [4.69, 9.17) is 5.73 Å². The summed E-state index contributed by atoms with van der Waals surface area (Å²) in [5.74, 6) is -0.488. The van der Waals surface area contributed by atoms with E-state index in [0.29, 0.717) is 16.4 Å². The van der Waals surface area contributed by atoms with Gasteiger partial charge in [-0.3, -0.25) is 9.78 Å². The van der Waals surface area contributed by atoms with Crippen molar-refractivity contribution in [3.8, 4) is 0 Å². The van der Waals surface area contributed by atoms with Crippen LogP contribution in [0.4, 0.5) is 24.7 Å². The molecule has 2 aromatic heterocycles. The molecule has 2 aromatic rings. The van der Waals surface area contributed by atoms with Crippen molar-refractivity contribution in [2.45, 2.75) is 6.18 Å². The summed E-state index contributed by atoms with van der Waals surface area (Å²) in [6.07, 6.45) is -2.57. The van der Waals surface area contributed by atoms with Gasteiger partial charge in [0.15, 0.2) is 0 Å². The molecule has 0 spiro atoms. The number of nitrogens with one attached hydrogen (secondary N) is 1. The second-order valence-electron chi connectivity index (χ2n) is 3.98. The molecule has 0 atom stereocenters. The number of anilines is 2. The molecule has 9 heteroatoms. The lowest BCUT2D eigenvalue weighted by Gasteiger charge is -2.08. The third-order valence-corrected chi connectivity index (χ3v) is 3.02. The Labute approximate surface area is 125 Å². The van der Waals surface area contributed by atoms with Crippen molar-refractivity contribution in [3.05, 3.63) is 46.3 Å². The van der Waals surface area contributed by atoms with Crippen LogP contribution < -0.4 is 11.1 Å². The van der Waals surface area contributed by atoms with Crippen molar-refractivity contribution in [1.29, 1.82) is 0 Å². The fourth-order valence-corrected chi connectivity index (χ4v) is 1.88. The summed E-state index contributed by atoms with van der Waals surface area (Å²) in [6.45, 7) is 0. The zero-order chi connectivity index (χ0) is 15.6. The minimum Gasteiger partial charge on any atom is -0.397 e. The van der Waals surface area contributed by atoms with E-state index in [1.165, 1.54) is 12.3 Å². The third kappa shape index (κ3) is 3.69. The number of halogens is 4. The number of aromatic nitrogens is 2. The molecule has 3 N–H and O–H groups in total. The van der Waals surface area contributed by atoms with Crippen LogP contribution in [0, 0.1) is 0 Å². The first kappa shape index (κ1) is 15.2. The van der Waals surface area contributed by atoms with Gasteiger partial charge in [-0.2, -0.15) is 13.2 Å². The fourth-order valence-electron chi connectivity index (χ4n) is 1.41. The molecule has 0 radical (unpaired) electrons. The number of nitrogens with two attached hydrogens (primary N) is 1. The number of carbonyl (C=O) groups is 1. The van der Waals surface area contributed by atoms with Gasteiger partial charge in [0.05, 0.1) is 21.9 Å². The van der Waals surface area contributed by atoms with E-state index >= 15 is 0 Å². The summed E-state index contributed by atoms with van der Waals surface area (Å²) in [7, 11) is 0. The van der Waals surface area contributed by atoms with Crippen LogP contribution >= 0.6 is 15.9 Å². The monoisotopic (exact) mass is 360 g/mol. The third-order valence-electron chi connectivity index (χ3n) is 2.42. The first-order valence-electron chi connectivity index (χ1n) is 5.53. The Morgan fingerprint density at radius 1 is 1.24 bits per heavy atom. The van der Waals surface area contributed by atoms with Crippen molar-refractivity contribution in [2.24, 2.45) is 0 Å². The average Bonchev–Trinajstić information content (AvgIpc) is 2.41. The van der Waals surface area contributed by atoms with Crippen LogP contribution in [-0.4, -0.2) is 15.9 Å². The Balaban J connectivity index is 2.17. The molecular weight excluding hydrogens is 353 g/mol. The number of rotatable bonds is 2. The summed E-state index contributed by atoms with van der Waals surface area (Å²) in [5.41, 5.74) is 4.81. The summed E-state index contributed by atoms with van der Waals surface area (Å²) in [6, 6.07) is 3.31. The Morgan fingerprint density at radius 3 is 2.48 bits per heavy atom. The first-order chi connectivity index (χ1) is 9.77. The molecule has 110 valence electrons. The van der Waals surface area contributed by atoms with E-state index in [9.17, 15) is 18.0 Å². The van der Waals surface area contributed by atoms with Gasteiger partial charge in [0, 0.05) is 6.20 Å². The average molecular weight is 361 g/mol. The van der Waals surface area contributed by atoms with E-state index in [-0.39, 0.29) is 11.5 Å². The minimum atomic E-state index is -4.50. The van der Waals surface area contributed by atoms with Crippen molar-refractivity contribution < 1.29 is 18.0 Å². The molecule has 2 heterocycles. The molecule has 0 fully saturated rings. The molecule has 0 aliphatic carbocycles. The fraction of sp³-hybridized carbons (Fsp3) is 0.0833. The summed E-state index contributed by atoms with van der Waals surface area (Å²) < 4.78 is 37.6. The quantitative estimate of drug-likeness (QED) is 0.862.